The van der Waals surface area contributed by atoms with Crippen LogP contribution >= 0.6 is 0 Å². The lowest BCUT2D eigenvalue weighted by atomic mass is 10.2. The molecule has 0 radical (unpaired) electrons. The molecule has 8 heteroatoms. The van der Waals surface area contributed by atoms with E-state index in [2.05, 4.69) is 31.3 Å². The molecule has 0 aliphatic carbocycles. The van der Waals surface area contributed by atoms with E-state index in [9.17, 15) is 4.79 Å². The second-order valence-corrected chi connectivity index (χ2v) is 6.03. The van der Waals surface area contributed by atoms with Crippen LogP contribution in [0.25, 0.3) is 0 Å². The average Bonchev–Trinajstić information content (AvgIpc) is 3.06. The van der Waals surface area contributed by atoms with Crippen LogP contribution in [0, 0.1) is 18.3 Å². The lowest BCUT2D eigenvalue weighted by Crippen LogP contribution is -2.53. The van der Waals surface area contributed by atoms with Crippen molar-refractivity contribution in [3.05, 3.63) is 35.7 Å². The number of carbonyl (C=O) groups excluding carboxylic acids is 1. The zero-order valence-corrected chi connectivity index (χ0v) is 14.3. The molecule has 8 nitrogen and oxygen atoms in total. The summed E-state index contributed by atoms with van der Waals surface area (Å²) in [6.45, 7) is 6.65. The highest BCUT2D eigenvalue weighted by Gasteiger charge is 2.26. The molecule has 0 spiro atoms. The second-order valence-electron chi connectivity index (χ2n) is 6.03. The number of nitrogens with one attached hydrogen (secondary N) is 1. The first kappa shape index (κ1) is 16.9. The number of aromatic nitrogens is 2. The van der Waals surface area contributed by atoms with Gasteiger partial charge in [0.25, 0.3) is 0 Å². The summed E-state index contributed by atoms with van der Waals surface area (Å²) in [7, 11) is 0. The number of pyridine rings is 1. The fourth-order valence-corrected chi connectivity index (χ4v) is 2.82. The summed E-state index contributed by atoms with van der Waals surface area (Å²) in [5.41, 5.74) is 0.600. The molecule has 1 fully saturated rings. The van der Waals surface area contributed by atoms with E-state index in [-0.39, 0.29) is 11.9 Å². The summed E-state index contributed by atoms with van der Waals surface area (Å²) in [6, 6.07) is 7.04. The SMILES string of the molecule is Cc1cc(NC(=O)C(C)N2CCN(c3cc(C#N)ccn3)CC2)no1. The van der Waals surface area contributed by atoms with Crippen molar-refractivity contribution in [1.29, 1.82) is 5.26 Å². The fraction of sp³-hybridized carbons (Fsp3) is 0.412. The molecule has 3 rings (SSSR count). The minimum absolute atomic E-state index is 0.105. The molecule has 2 aromatic heterocycles. The smallest absolute Gasteiger partial charge is 0.242 e. The van der Waals surface area contributed by atoms with E-state index < -0.39 is 0 Å². The molecule has 1 saturated heterocycles. The van der Waals surface area contributed by atoms with Crippen molar-refractivity contribution >= 4 is 17.5 Å². The molecule has 0 bridgehead atoms. The van der Waals surface area contributed by atoms with Gasteiger partial charge in [-0.2, -0.15) is 5.26 Å². The van der Waals surface area contributed by atoms with Gasteiger partial charge < -0.3 is 14.7 Å². The molecule has 3 heterocycles. The number of anilines is 2. The van der Waals surface area contributed by atoms with Gasteiger partial charge in [-0.1, -0.05) is 5.16 Å². The monoisotopic (exact) mass is 340 g/mol. The Balaban J connectivity index is 1.56. The van der Waals surface area contributed by atoms with E-state index in [1.165, 1.54) is 0 Å². The van der Waals surface area contributed by atoms with Crippen molar-refractivity contribution in [2.75, 3.05) is 36.4 Å². The standard InChI is InChI=1S/C17H20N6O2/c1-12-9-15(21-25-12)20-17(24)13(2)22-5-7-23(8-6-22)16-10-14(11-18)3-4-19-16/h3-4,9-10,13H,5-8H2,1-2H3,(H,20,21,24). The summed E-state index contributed by atoms with van der Waals surface area (Å²) >= 11 is 0. The summed E-state index contributed by atoms with van der Waals surface area (Å²) in [6.07, 6.45) is 1.65. The Labute approximate surface area is 146 Å². The molecular weight excluding hydrogens is 320 g/mol. The molecule has 0 saturated carbocycles. The number of carbonyl (C=O) groups is 1. The van der Waals surface area contributed by atoms with Crippen molar-refractivity contribution in [3.63, 3.8) is 0 Å². The van der Waals surface area contributed by atoms with E-state index in [0.717, 1.165) is 32.0 Å². The van der Waals surface area contributed by atoms with Crippen LogP contribution in [0.4, 0.5) is 11.6 Å². The van der Waals surface area contributed by atoms with Gasteiger partial charge in [0, 0.05) is 38.4 Å². The summed E-state index contributed by atoms with van der Waals surface area (Å²) in [5.74, 6) is 1.79. The van der Waals surface area contributed by atoms with E-state index in [4.69, 9.17) is 9.78 Å². The zero-order valence-electron chi connectivity index (χ0n) is 14.3. The Hall–Kier alpha value is -2.92. The second kappa shape index (κ2) is 7.32. The van der Waals surface area contributed by atoms with Crippen molar-refractivity contribution in [1.82, 2.24) is 15.0 Å². The van der Waals surface area contributed by atoms with Crippen LogP contribution in [0.2, 0.25) is 0 Å². The Morgan fingerprint density at radius 3 is 2.76 bits per heavy atom. The molecule has 1 aliphatic rings. The molecule has 0 aromatic carbocycles. The molecule has 130 valence electrons. The first-order chi connectivity index (χ1) is 12.1. The Morgan fingerprint density at radius 2 is 2.12 bits per heavy atom. The number of amides is 1. The van der Waals surface area contributed by atoms with E-state index in [1.807, 2.05) is 6.92 Å². The highest BCUT2D eigenvalue weighted by molar-refractivity contribution is 5.93. The van der Waals surface area contributed by atoms with Gasteiger partial charge in [-0.25, -0.2) is 4.98 Å². The van der Waals surface area contributed by atoms with Gasteiger partial charge in [0.15, 0.2) is 5.82 Å². The van der Waals surface area contributed by atoms with Gasteiger partial charge in [-0.05, 0) is 26.0 Å². The van der Waals surface area contributed by atoms with Crippen LogP contribution in [0.5, 0.6) is 0 Å². The highest BCUT2D eigenvalue weighted by Crippen LogP contribution is 2.16. The van der Waals surface area contributed by atoms with Crippen molar-refractivity contribution < 1.29 is 9.32 Å². The third-order valence-electron chi connectivity index (χ3n) is 4.32. The summed E-state index contributed by atoms with van der Waals surface area (Å²) in [4.78, 5) is 20.9. The molecule has 1 unspecified atom stereocenters. The van der Waals surface area contributed by atoms with E-state index in [0.29, 0.717) is 17.1 Å². The van der Waals surface area contributed by atoms with Crippen LogP contribution < -0.4 is 10.2 Å². The van der Waals surface area contributed by atoms with E-state index in [1.54, 1.807) is 31.3 Å². The van der Waals surface area contributed by atoms with Crippen molar-refractivity contribution in [2.45, 2.75) is 19.9 Å². The molecular formula is C17H20N6O2. The van der Waals surface area contributed by atoms with Gasteiger partial charge >= 0.3 is 0 Å². The third kappa shape index (κ3) is 3.95. The fourth-order valence-electron chi connectivity index (χ4n) is 2.82. The lowest BCUT2D eigenvalue weighted by Gasteiger charge is -2.37. The minimum atomic E-state index is -0.266. The normalized spacial score (nSPS) is 16.3. The zero-order chi connectivity index (χ0) is 17.8. The Morgan fingerprint density at radius 1 is 1.36 bits per heavy atom. The van der Waals surface area contributed by atoms with E-state index >= 15 is 0 Å². The number of nitriles is 1. The van der Waals surface area contributed by atoms with Crippen molar-refractivity contribution in [3.8, 4) is 6.07 Å². The van der Waals surface area contributed by atoms with Crippen LogP contribution in [0.3, 0.4) is 0 Å². The first-order valence-electron chi connectivity index (χ1n) is 8.16. The number of hydrogen-bond donors (Lipinski definition) is 1. The molecule has 25 heavy (non-hydrogen) atoms. The third-order valence-corrected chi connectivity index (χ3v) is 4.32. The van der Waals surface area contributed by atoms with Crippen LogP contribution in [-0.4, -0.2) is 53.2 Å². The largest absolute Gasteiger partial charge is 0.360 e. The van der Waals surface area contributed by atoms with Crippen LogP contribution in [0.1, 0.15) is 18.2 Å². The van der Waals surface area contributed by atoms with Gasteiger partial charge in [0.1, 0.15) is 11.6 Å². The predicted octanol–water partition coefficient (Wildman–Crippen LogP) is 1.40. The maximum absolute atomic E-state index is 12.4. The van der Waals surface area contributed by atoms with Crippen molar-refractivity contribution in [2.24, 2.45) is 0 Å². The highest BCUT2D eigenvalue weighted by atomic mass is 16.5. The van der Waals surface area contributed by atoms with Gasteiger partial charge in [0.05, 0.1) is 17.7 Å². The first-order valence-corrected chi connectivity index (χ1v) is 8.16. The predicted molar refractivity (Wildman–Crippen MR) is 92.1 cm³/mol. The average molecular weight is 340 g/mol. The summed E-state index contributed by atoms with van der Waals surface area (Å²) in [5, 5.41) is 15.6. The lowest BCUT2D eigenvalue weighted by molar-refractivity contribution is -0.120. The number of piperazine rings is 1. The molecule has 2 aromatic rings. The topological polar surface area (TPSA) is 98.3 Å². The Bertz CT molecular complexity index is 788. The maximum atomic E-state index is 12.4. The number of rotatable bonds is 4. The number of hydrogen-bond acceptors (Lipinski definition) is 7. The molecule has 1 amide bonds. The molecule has 1 N–H and O–H groups in total. The molecule has 1 aliphatic heterocycles. The van der Waals surface area contributed by atoms with Gasteiger partial charge in [-0.3, -0.25) is 9.69 Å². The van der Waals surface area contributed by atoms with Crippen LogP contribution in [-0.2, 0) is 4.79 Å². The maximum Gasteiger partial charge on any atom is 0.242 e. The summed E-state index contributed by atoms with van der Waals surface area (Å²) < 4.78 is 4.96. The Kier molecular flexibility index (Phi) is 4.95. The van der Waals surface area contributed by atoms with Crippen LogP contribution in [0.15, 0.2) is 28.9 Å². The van der Waals surface area contributed by atoms with Gasteiger partial charge in [-0.15, -0.1) is 0 Å². The molecule has 1 atom stereocenters. The number of aryl methyl sites for hydroxylation is 1. The van der Waals surface area contributed by atoms with Gasteiger partial charge in [0.2, 0.25) is 5.91 Å². The number of nitrogens with zero attached hydrogens (tertiary/aromatic N) is 5. The quantitative estimate of drug-likeness (QED) is 0.898. The minimum Gasteiger partial charge on any atom is -0.360 e.